The number of rotatable bonds is 2. The Hall–Kier alpha value is -8.67. The van der Waals surface area contributed by atoms with E-state index < -0.39 is 0 Å². The van der Waals surface area contributed by atoms with E-state index in [9.17, 15) is 0 Å². The highest BCUT2D eigenvalue weighted by Gasteiger charge is 2.34. The second-order valence-electron chi connectivity index (χ2n) is 24.2. The first kappa shape index (κ1) is 48.0. The molecule has 5 nitrogen and oxygen atoms in total. The van der Waals surface area contributed by atoms with E-state index in [1.54, 1.807) is 0 Å². The standard InChI is InChI=1S/C72H64N4O/c1-70(2,3)51-32-29-46(30-33-51)48-31-36-64-61(38-48)59-35-34-56-44-67(59)76(64)68-42-53(72(7,8)9)41-63(73-68)50-22-17-21-49(37-50)57-25-13-14-26-58(57)62-40-52(71(4,5)6)39-60(47-19-11-10-12-20-47)69(62)75-45-74(65-27-15-16-28-66(65)75)54-23-18-24-55(43-54)77-56/h10-44H,45H2,1-9H3. The summed E-state index contributed by atoms with van der Waals surface area (Å²) >= 11 is 0. The van der Waals surface area contributed by atoms with E-state index >= 15 is 0 Å². The Bertz CT molecular complexity index is 4110. The van der Waals surface area contributed by atoms with Gasteiger partial charge in [-0.15, -0.1) is 0 Å². The molecule has 11 aromatic rings. The summed E-state index contributed by atoms with van der Waals surface area (Å²) in [7, 11) is 0. The van der Waals surface area contributed by atoms with Crippen molar-refractivity contribution in [1.82, 2.24) is 9.55 Å². The maximum atomic E-state index is 7.01. The average Bonchev–Trinajstić information content (AvgIpc) is 4.08. The number of ether oxygens (including phenoxy) is 1. The first-order valence-electron chi connectivity index (χ1n) is 27.1. The molecule has 0 aliphatic carbocycles. The lowest BCUT2D eigenvalue weighted by Gasteiger charge is -2.31. The van der Waals surface area contributed by atoms with Crippen LogP contribution >= 0.6 is 0 Å². The van der Waals surface area contributed by atoms with E-state index in [1.807, 2.05) is 0 Å². The number of para-hydroxylation sites is 2. The van der Waals surface area contributed by atoms with Crippen LogP contribution < -0.4 is 14.5 Å². The van der Waals surface area contributed by atoms with Crippen molar-refractivity contribution in [1.29, 1.82) is 0 Å². The Morgan fingerprint density at radius 3 is 1.75 bits per heavy atom. The van der Waals surface area contributed by atoms with Crippen LogP contribution in [0.4, 0.5) is 22.7 Å². The molecule has 378 valence electrons. The van der Waals surface area contributed by atoms with Crippen molar-refractivity contribution in [2.24, 2.45) is 0 Å². The van der Waals surface area contributed by atoms with Gasteiger partial charge in [-0.25, -0.2) is 4.98 Å². The molecule has 13 rings (SSSR count). The molecule has 0 radical (unpaired) electrons. The van der Waals surface area contributed by atoms with Crippen molar-refractivity contribution >= 4 is 44.6 Å². The van der Waals surface area contributed by atoms with Crippen LogP contribution in [0.2, 0.25) is 0 Å². The molecule has 2 aromatic heterocycles. The molecule has 77 heavy (non-hydrogen) atoms. The zero-order chi connectivity index (χ0) is 53.0. The first-order chi connectivity index (χ1) is 37.0. The van der Waals surface area contributed by atoms with Gasteiger partial charge in [0.2, 0.25) is 0 Å². The second-order valence-corrected chi connectivity index (χ2v) is 24.2. The molecule has 0 saturated heterocycles. The minimum Gasteiger partial charge on any atom is -0.457 e. The molecule has 10 bridgehead atoms. The van der Waals surface area contributed by atoms with Gasteiger partial charge in [0.05, 0.1) is 33.8 Å². The summed E-state index contributed by atoms with van der Waals surface area (Å²) < 4.78 is 9.36. The maximum Gasteiger partial charge on any atom is 0.138 e. The fourth-order valence-electron chi connectivity index (χ4n) is 11.6. The SMILES string of the molecule is CC(C)(C)c1ccc(-c2ccc3c(c2)c2ccc4cc2n3-c2cc(C(C)(C)C)cc(n2)-c2cccc(c2)-c2ccccc2-c2cc(C(C)(C)C)cc(-c3ccccc3)c2N2CN(c3cccc(c3)O4)c3ccccc32)cc1. The minimum atomic E-state index is -0.179. The van der Waals surface area contributed by atoms with Gasteiger partial charge >= 0.3 is 0 Å². The van der Waals surface area contributed by atoms with Crippen LogP contribution in [0.3, 0.4) is 0 Å². The predicted molar refractivity (Wildman–Crippen MR) is 324 cm³/mol. The van der Waals surface area contributed by atoms with Crippen molar-refractivity contribution in [3.8, 4) is 73.1 Å². The summed E-state index contributed by atoms with van der Waals surface area (Å²) in [5.74, 6) is 2.37. The number of benzene rings is 9. The van der Waals surface area contributed by atoms with Crippen LogP contribution in [0.1, 0.15) is 79.0 Å². The Morgan fingerprint density at radius 1 is 0.377 bits per heavy atom. The lowest BCUT2D eigenvalue weighted by Crippen LogP contribution is -2.25. The molecule has 9 aromatic carbocycles. The molecule has 2 aliphatic rings. The molecule has 2 aliphatic heterocycles. The fourth-order valence-corrected chi connectivity index (χ4v) is 11.6. The number of nitrogens with zero attached hydrogens (tertiary/aromatic N) is 4. The molecule has 0 saturated carbocycles. The molecule has 0 amide bonds. The van der Waals surface area contributed by atoms with Crippen LogP contribution in [0.15, 0.2) is 212 Å². The van der Waals surface area contributed by atoms with Gasteiger partial charge in [-0.05, 0) is 145 Å². The van der Waals surface area contributed by atoms with Gasteiger partial charge in [-0.3, -0.25) is 4.57 Å². The first-order valence-corrected chi connectivity index (χ1v) is 27.1. The third-order valence-corrected chi connectivity index (χ3v) is 15.9. The van der Waals surface area contributed by atoms with Crippen molar-refractivity contribution in [3.05, 3.63) is 229 Å². The van der Waals surface area contributed by atoms with E-state index in [4.69, 9.17) is 9.72 Å². The summed E-state index contributed by atoms with van der Waals surface area (Å²) in [5.41, 5.74) is 21.5. The summed E-state index contributed by atoms with van der Waals surface area (Å²) in [5, 5.41) is 2.29. The van der Waals surface area contributed by atoms with Crippen molar-refractivity contribution in [2.45, 2.75) is 78.6 Å². The van der Waals surface area contributed by atoms with Crippen LogP contribution in [0.5, 0.6) is 11.5 Å². The predicted octanol–water partition coefficient (Wildman–Crippen LogP) is 19.8. The smallest absolute Gasteiger partial charge is 0.138 e. The number of pyridine rings is 1. The summed E-state index contributed by atoms with van der Waals surface area (Å²) in [4.78, 5) is 10.7. The van der Waals surface area contributed by atoms with E-state index in [1.165, 1.54) is 55.8 Å². The molecule has 0 atom stereocenters. The number of aromatic nitrogens is 2. The van der Waals surface area contributed by atoms with Gasteiger partial charge < -0.3 is 14.5 Å². The van der Waals surface area contributed by atoms with E-state index in [2.05, 4.69) is 289 Å². The highest BCUT2D eigenvalue weighted by molar-refractivity contribution is 6.11. The molecule has 0 N–H and O–H groups in total. The summed E-state index contributed by atoms with van der Waals surface area (Å²) in [6.07, 6.45) is 0. The van der Waals surface area contributed by atoms with Crippen LogP contribution in [-0.2, 0) is 16.2 Å². The molecular formula is C72H64N4O. The maximum absolute atomic E-state index is 7.01. The highest BCUT2D eigenvalue weighted by atomic mass is 16.5. The largest absolute Gasteiger partial charge is 0.457 e. The normalized spacial score (nSPS) is 13.3. The van der Waals surface area contributed by atoms with E-state index in [0.29, 0.717) is 6.67 Å². The number of hydrogen-bond donors (Lipinski definition) is 0. The number of anilines is 4. The van der Waals surface area contributed by atoms with E-state index in [0.717, 1.165) is 78.6 Å². The Kier molecular flexibility index (Phi) is 11.2. The molecule has 0 spiro atoms. The lowest BCUT2D eigenvalue weighted by atomic mass is 9.81. The van der Waals surface area contributed by atoms with E-state index in [-0.39, 0.29) is 16.2 Å². The fraction of sp³-hybridized carbons (Fsp3) is 0.181. The van der Waals surface area contributed by atoms with Crippen LogP contribution in [0.25, 0.3) is 83.4 Å². The van der Waals surface area contributed by atoms with Gasteiger partial charge in [0.15, 0.2) is 0 Å². The Morgan fingerprint density at radius 2 is 1.00 bits per heavy atom. The molecule has 0 fully saturated rings. The number of hydrogen-bond acceptors (Lipinski definition) is 4. The topological polar surface area (TPSA) is 33.5 Å². The Labute approximate surface area is 453 Å². The third kappa shape index (κ3) is 8.55. The monoisotopic (exact) mass is 1000 g/mol. The van der Waals surface area contributed by atoms with Gasteiger partial charge in [0.1, 0.15) is 24.0 Å². The molecular weight excluding hydrogens is 937 g/mol. The van der Waals surface area contributed by atoms with Crippen molar-refractivity contribution in [2.75, 3.05) is 16.5 Å². The quantitative estimate of drug-likeness (QED) is 0.173. The van der Waals surface area contributed by atoms with Gasteiger partial charge in [-0.2, -0.15) is 0 Å². The number of fused-ring (bicyclic) bond motifs is 23. The average molecular weight is 1000 g/mol. The third-order valence-electron chi connectivity index (χ3n) is 15.9. The van der Waals surface area contributed by atoms with Crippen LogP contribution in [0, 0.1) is 0 Å². The highest BCUT2D eigenvalue weighted by Crippen LogP contribution is 2.53. The van der Waals surface area contributed by atoms with Crippen molar-refractivity contribution in [3.63, 3.8) is 0 Å². The molecule has 4 heterocycles. The van der Waals surface area contributed by atoms with Gasteiger partial charge in [-0.1, -0.05) is 184 Å². The van der Waals surface area contributed by atoms with Gasteiger partial charge in [0, 0.05) is 45.3 Å². The minimum absolute atomic E-state index is 0.0706. The summed E-state index contributed by atoms with van der Waals surface area (Å²) in [6.45, 7) is 21.2. The molecule has 0 unspecified atom stereocenters. The Balaban J connectivity index is 1.09. The lowest BCUT2D eigenvalue weighted by molar-refractivity contribution is 0.483. The van der Waals surface area contributed by atoms with Gasteiger partial charge in [0.25, 0.3) is 0 Å². The summed E-state index contributed by atoms with van der Waals surface area (Å²) in [6, 6.07) is 78.3. The van der Waals surface area contributed by atoms with Crippen LogP contribution in [-0.4, -0.2) is 16.2 Å². The van der Waals surface area contributed by atoms with Crippen molar-refractivity contribution < 1.29 is 4.74 Å². The zero-order valence-corrected chi connectivity index (χ0v) is 45.6. The molecule has 5 heteroatoms. The zero-order valence-electron chi connectivity index (χ0n) is 45.6. The second kappa shape index (κ2) is 18.0.